The molecule has 1 saturated heterocycles. The second-order valence-corrected chi connectivity index (χ2v) is 7.29. The number of rotatable bonds is 4. The number of hydrogen-bond acceptors (Lipinski definition) is 6. The zero-order valence-corrected chi connectivity index (χ0v) is 17.0. The van der Waals surface area contributed by atoms with Gasteiger partial charge in [-0.3, -0.25) is 14.6 Å². The quantitative estimate of drug-likeness (QED) is 0.672. The number of nitrogens with zero attached hydrogens (tertiary/aromatic N) is 3. The van der Waals surface area contributed by atoms with E-state index in [0.717, 1.165) is 11.4 Å². The van der Waals surface area contributed by atoms with E-state index in [-0.39, 0.29) is 23.0 Å². The minimum absolute atomic E-state index is 0.0759. The van der Waals surface area contributed by atoms with Gasteiger partial charge in [0.25, 0.3) is 5.91 Å². The molecule has 0 aliphatic carbocycles. The summed E-state index contributed by atoms with van der Waals surface area (Å²) < 4.78 is 5.20. The first kappa shape index (κ1) is 19.7. The van der Waals surface area contributed by atoms with E-state index in [1.807, 2.05) is 24.3 Å². The van der Waals surface area contributed by atoms with E-state index in [1.165, 1.54) is 13.1 Å². The van der Waals surface area contributed by atoms with Gasteiger partial charge in [-0.2, -0.15) is 0 Å². The van der Waals surface area contributed by atoms with E-state index in [0.29, 0.717) is 42.6 Å². The Morgan fingerprint density at radius 1 is 1.03 bits per heavy atom. The Bertz CT molecular complexity index is 1100. The van der Waals surface area contributed by atoms with Crippen LogP contribution in [0.2, 0.25) is 0 Å². The van der Waals surface area contributed by atoms with Crippen LogP contribution in [0.5, 0.6) is 11.5 Å². The van der Waals surface area contributed by atoms with Crippen LogP contribution in [0.25, 0.3) is 10.9 Å². The van der Waals surface area contributed by atoms with Gasteiger partial charge in [0, 0.05) is 49.0 Å². The molecule has 2 heterocycles. The molecular weight excluding hydrogens is 382 g/mol. The Balaban J connectivity index is 1.49. The van der Waals surface area contributed by atoms with Crippen LogP contribution in [0.3, 0.4) is 0 Å². The number of ketones is 1. The molecule has 1 aliphatic rings. The lowest BCUT2D eigenvalue weighted by molar-refractivity contribution is 0.0743. The summed E-state index contributed by atoms with van der Waals surface area (Å²) in [4.78, 5) is 32.8. The van der Waals surface area contributed by atoms with E-state index in [4.69, 9.17) is 4.74 Å². The Hall–Kier alpha value is -3.61. The molecule has 0 radical (unpaired) electrons. The van der Waals surface area contributed by atoms with Gasteiger partial charge in [0.15, 0.2) is 5.78 Å². The van der Waals surface area contributed by atoms with Gasteiger partial charge in [-0.15, -0.1) is 0 Å². The van der Waals surface area contributed by atoms with Crippen molar-refractivity contribution < 1.29 is 19.4 Å². The van der Waals surface area contributed by atoms with Crippen molar-refractivity contribution in [1.82, 2.24) is 9.88 Å². The number of methoxy groups -OCH3 is 1. The van der Waals surface area contributed by atoms with Gasteiger partial charge in [-0.1, -0.05) is 6.07 Å². The normalized spacial score (nSPS) is 14.1. The van der Waals surface area contributed by atoms with Crippen LogP contribution in [-0.4, -0.2) is 60.0 Å². The maximum atomic E-state index is 13.0. The number of carbonyl (C=O) groups excluding carboxylic acids is 2. The lowest BCUT2D eigenvalue weighted by atomic mass is 10.1. The molecule has 7 heteroatoms. The summed E-state index contributed by atoms with van der Waals surface area (Å²) in [6.07, 6.45) is 1.39. The number of benzene rings is 2. The molecule has 3 aromatic rings. The van der Waals surface area contributed by atoms with Crippen molar-refractivity contribution in [2.24, 2.45) is 0 Å². The Kier molecular flexibility index (Phi) is 5.27. The largest absolute Gasteiger partial charge is 0.506 e. The fraction of sp³-hybridized carbons (Fsp3) is 0.261. The summed E-state index contributed by atoms with van der Waals surface area (Å²) in [5.41, 5.74) is 2.26. The molecule has 0 spiro atoms. The number of aromatic nitrogens is 1. The molecule has 1 fully saturated rings. The molecule has 0 atom stereocenters. The Labute approximate surface area is 174 Å². The Morgan fingerprint density at radius 2 is 1.73 bits per heavy atom. The SMILES string of the molecule is COc1ccc(N2CCN(C(=O)c3cnc4cc(C(C)=O)ccc4c3O)CC2)cc1. The summed E-state index contributed by atoms with van der Waals surface area (Å²) in [5.74, 6) is 0.389. The highest BCUT2D eigenvalue weighted by molar-refractivity contribution is 6.04. The number of pyridine rings is 1. The average Bonchev–Trinajstić information content (AvgIpc) is 2.79. The minimum Gasteiger partial charge on any atom is -0.506 e. The van der Waals surface area contributed by atoms with Gasteiger partial charge in [-0.25, -0.2) is 0 Å². The van der Waals surface area contributed by atoms with E-state index < -0.39 is 0 Å². The highest BCUT2D eigenvalue weighted by Crippen LogP contribution is 2.29. The molecule has 7 nitrogen and oxygen atoms in total. The van der Waals surface area contributed by atoms with Crippen molar-refractivity contribution in [2.75, 3.05) is 38.2 Å². The van der Waals surface area contributed by atoms with Crippen molar-refractivity contribution >= 4 is 28.3 Å². The first-order chi connectivity index (χ1) is 14.5. The van der Waals surface area contributed by atoms with Gasteiger partial charge in [0.1, 0.15) is 17.1 Å². The van der Waals surface area contributed by atoms with Crippen molar-refractivity contribution in [3.8, 4) is 11.5 Å². The first-order valence-electron chi connectivity index (χ1n) is 9.79. The number of fused-ring (bicyclic) bond motifs is 1. The molecule has 154 valence electrons. The lowest BCUT2D eigenvalue weighted by Gasteiger charge is -2.36. The summed E-state index contributed by atoms with van der Waals surface area (Å²) in [6, 6.07) is 12.7. The molecule has 0 saturated carbocycles. The number of amides is 1. The number of carbonyl (C=O) groups is 2. The molecule has 0 unspecified atom stereocenters. The zero-order valence-electron chi connectivity index (χ0n) is 17.0. The molecular formula is C23H23N3O4. The lowest BCUT2D eigenvalue weighted by Crippen LogP contribution is -2.48. The summed E-state index contributed by atoms with van der Waals surface area (Å²) >= 11 is 0. The third-order valence-electron chi connectivity index (χ3n) is 5.48. The highest BCUT2D eigenvalue weighted by atomic mass is 16.5. The zero-order chi connectivity index (χ0) is 21.3. The van der Waals surface area contributed by atoms with E-state index >= 15 is 0 Å². The van der Waals surface area contributed by atoms with E-state index in [2.05, 4.69) is 9.88 Å². The fourth-order valence-electron chi connectivity index (χ4n) is 3.69. The van der Waals surface area contributed by atoms with Crippen molar-refractivity contribution in [2.45, 2.75) is 6.92 Å². The number of anilines is 1. The van der Waals surface area contributed by atoms with Crippen molar-refractivity contribution in [3.63, 3.8) is 0 Å². The molecule has 1 N–H and O–H groups in total. The Morgan fingerprint density at radius 3 is 2.37 bits per heavy atom. The molecule has 1 aliphatic heterocycles. The molecule has 0 bridgehead atoms. The number of aromatic hydroxyl groups is 1. The van der Waals surface area contributed by atoms with Gasteiger partial charge in [0.05, 0.1) is 12.6 Å². The van der Waals surface area contributed by atoms with Crippen LogP contribution in [0, 0.1) is 0 Å². The third kappa shape index (κ3) is 3.66. The van der Waals surface area contributed by atoms with E-state index in [9.17, 15) is 14.7 Å². The fourth-order valence-corrected chi connectivity index (χ4v) is 3.69. The predicted molar refractivity (Wildman–Crippen MR) is 115 cm³/mol. The maximum absolute atomic E-state index is 13.0. The van der Waals surface area contributed by atoms with Crippen molar-refractivity contribution in [1.29, 1.82) is 0 Å². The first-order valence-corrected chi connectivity index (χ1v) is 9.79. The standard InChI is InChI=1S/C23H23N3O4/c1-15(27)16-3-8-19-21(13-16)24-14-20(22(19)28)23(29)26-11-9-25(10-12-26)17-4-6-18(30-2)7-5-17/h3-8,13-14H,9-12H2,1-2H3,(H,24,28). The van der Waals surface area contributed by atoms with Crippen LogP contribution >= 0.6 is 0 Å². The number of Topliss-reactive ketones (excluding diaryl/α,β-unsaturated/α-hetero) is 1. The molecule has 4 rings (SSSR count). The average molecular weight is 405 g/mol. The molecule has 1 aromatic heterocycles. The van der Waals surface area contributed by atoms with E-state index in [1.54, 1.807) is 30.2 Å². The minimum atomic E-state index is -0.244. The smallest absolute Gasteiger partial charge is 0.259 e. The highest BCUT2D eigenvalue weighted by Gasteiger charge is 2.25. The maximum Gasteiger partial charge on any atom is 0.259 e. The summed E-state index contributed by atoms with van der Waals surface area (Å²) in [7, 11) is 1.64. The number of hydrogen-bond donors (Lipinski definition) is 1. The number of piperazine rings is 1. The summed E-state index contributed by atoms with van der Waals surface area (Å²) in [5, 5.41) is 11.1. The summed E-state index contributed by atoms with van der Waals surface area (Å²) in [6.45, 7) is 3.96. The van der Waals surface area contributed by atoms with Crippen LogP contribution in [0.15, 0.2) is 48.7 Å². The molecule has 2 aromatic carbocycles. The van der Waals surface area contributed by atoms with Crippen LogP contribution in [0.4, 0.5) is 5.69 Å². The van der Waals surface area contributed by atoms with Crippen LogP contribution in [-0.2, 0) is 0 Å². The monoisotopic (exact) mass is 405 g/mol. The predicted octanol–water partition coefficient (Wildman–Crippen LogP) is 3.11. The third-order valence-corrected chi connectivity index (χ3v) is 5.48. The molecule has 1 amide bonds. The van der Waals surface area contributed by atoms with Gasteiger partial charge >= 0.3 is 0 Å². The van der Waals surface area contributed by atoms with Gasteiger partial charge in [-0.05, 0) is 43.3 Å². The van der Waals surface area contributed by atoms with Crippen LogP contribution in [0.1, 0.15) is 27.6 Å². The molecule has 30 heavy (non-hydrogen) atoms. The van der Waals surface area contributed by atoms with Crippen molar-refractivity contribution in [3.05, 3.63) is 59.8 Å². The van der Waals surface area contributed by atoms with Gasteiger partial charge < -0.3 is 19.6 Å². The second kappa shape index (κ2) is 8.02. The van der Waals surface area contributed by atoms with Gasteiger partial charge in [0.2, 0.25) is 0 Å². The number of ether oxygens (including phenoxy) is 1. The van der Waals surface area contributed by atoms with Crippen LogP contribution < -0.4 is 9.64 Å². The second-order valence-electron chi connectivity index (χ2n) is 7.29. The topological polar surface area (TPSA) is 83.0 Å².